The number of nitrogens with zero attached hydrogens (tertiary/aromatic N) is 4. The van der Waals surface area contributed by atoms with E-state index in [1.165, 1.54) is 18.4 Å². The Hall–Kier alpha value is -1.68. The zero-order valence-corrected chi connectivity index (χ0v) is 18.5. The number of ether oxygens (including phenoxy) is 1. The quantitative estimate of drug-likeness (QED) is 0.342. The maximum atomic E-state index is 5.38. The van der Waals surface area contributed by atoms with Crippen LogP contribution in [-0.2, 0) is 24.9 Å². The summed E-state index contributed by atoms with van der Waals surface area (Å²) < 4.78 is 7.36. The van der Waals surface area contributed by atoms with Gasteiger partial charge in [-0.3, -0.25) is 0 Å². The first-order valence-corrected chi connectivity index (χ1v) is 9.10. The lowest BCUT2D eigenvalue weighted by Gasteiger charge is -2.21. The first-order valence-electron chi connectivity index (χ1n) is 9.10. The molecule has 1 aliphatic rings. The Morgan fingerprint density at radius 2 is 2.04 bits per heavy atom. The summed E-state index contributed by atoms with van der Waals surface area (Å²) in [4.78, 5) is 4.76. The molecule has 1 aromatic heterocycles. The smallest absolute Gasteiger partial charge is 0.192 e. The van der Waals surface area contributed by atoms with Crippen LogP contribution in [0.15, 0.2) is 35.3 Å². The number of guanidine groups is 1. The van der Waals surface area contributed by atoms with Gasteiger partial charge in [0.2, 0.25) is 0 Å². The van der Waals surface area contributed by atoms with Gasteiger partial charge in [0.25, 0.3) is 0 Å². The van der Waals surface area contributed by atoms with Gasteiger partial charge < -0.3 is 19.9 Å². The van der Waals surface area contributed by atoms with E-state index in [9.17, 15) is 0 Å². The molecule has 7 nitrogen and oxygen atoms in total. The van der Waals surface area contributed by atoms with Crippen LogP contribution in [0, 0.1) is 12.8 Å². The van der Waals surface area contributed by atoms with Crippen LogP contribution < -0.4 is 10.6 Å². The fourth-order valence-electron chi connectivity index (χ4n) is 2.82. The summed E-state index contributed by atoms with van der Waals surface area (Å²) in [6, 6.07) is 10.5. The number of nitrogens with one attached hydrogen (secondary N) is 2. The molecule has 0 aliphatic heterocycles. The number of aliphatic imine (C=N–C) groups is 1. The molecule has 2 N–H and O–H groups in total. The summed E-state index contributed by atoms with van der Waals surface area (Å²) in [5.41, 5.74) is 1.18. The molecular weight excluding hydrogens is 455 g/mol. The summed E-state index contributed by atoms with van der Waals surface area (Å²) in [7, 11) is 3.71. The molecule has 1 unspecified atom stereocenters. The van der Waals surface area contributed by atoms with Gasteiger partial charge in [-0.1, -0.05) is 30.3 Å². The Balaban J connectivity index is 0.00000261. The molecule has 0 bridgehead atoms. The van der Waals surface area contributed by atoms with Crippen LogP contribution in [0.5, 0.6) is 0 Å². The highest BCUT2D eigenvalue weighted by atomic mass is 127. The third kappa shape index (κ3) is 6.46. The molecule has 3 rings (SSSR count). The van der Waals surface area contributed by atoms with E-state index < -0.39 is 0 Å². The molecule has 2 aromatic rings. The van der Waals surface area contributed by atoms with E-state index in [4.69, 9.17) is 9.73 Å². The molecule has 1 aliphatic carbocycles. The first-order chi connectivity index (χ1) is 12.7. The average Bonchev–Trinajstić information content (AvgIpc) is 3.45. The van der Waals surface area contributed by atoms with Gasteiger partial charge in [0.1, 0.15) is 5.82 Å². The van der Waals surface area contributed by atoms with Gasteiger partial charge in [-0.05, 0) is 31.2 Å². The predicted molar refractivity (Wildman–Crippen MR) is 117 cm³/mol. The lowest BCUT2D eigenvalue weighted by Crippen LogP contribution is -2.46. The molecule has 0 spiro atoms. The molecule has 1 atom stereocenters. The number of aromatic nitrogens is 3. The fourth-order valence-corrected chi connectivity index (χ4v) is 2.82. The van der Waals surface area contributed by atoms with Crippen molar-refractivity contribution in [1.82, 2.24) is 25.4 Å². The van der Waals surface area contributed by atoms with Crippen molar-refractivity contribution in [2.45, 2.75) is 38.9 Å². The Labute approximate surface area is 178 Å². The van der Waals surface area contributed by atoms with Crippen LogP contribution in [-0.4, -0.2) is 40.5 Å². The van der Waals surface area contributed by atoms with E-state index in [0.29, 0.717) is 25.6 Å². The average molecular weight is 484 g/mol. The van der Waals surface area contributed by atoms with Gasteiger partial charge >= 0.3 is 0 Å². The second-order valence-corrected chi connectivity index (χ2v) is 6.77. The molecular formula is C19H29IN6O. The summed E-state index contributed by atoms with van der Waals surface area (Å²) >= 11 is 0. The van der Waals surface area contributed by atoms with Crippen LogP contribution in [0.25, 0.3) is 0 Å². The van der Waals surface area contributed by atoms with E-state index >= 15 is 0 Å². The van der Waals surface area contributed by atoms with E-state index in [0.717, 1.165) is 17.6 Å². The Morgan fingerprint density at radius 3 is 2.63 bits per heavy atom. The highest BCUT2D eigenvalue weighted by molar-refractivity contribution is 14.0. The van der Waals surface area contributed by atoms with Crippen molar-refractivity contribution >= 4 is 29.9 Å². The maximum absolute atomic E-state index is 5.38. The first kappa shape index (κ1) is 21.6. The minimum Gasteiger partial charge on any atom is -0.383 e. The Kier molecular flexibility index (Phi) is 8.49. The Bertz CT molecular complexity index is 729. The van der Waals surface area contributed by atoms with Crippen LogP contribution in [0.1, 0.15) is 30.1 Å². The molecule has 1 saturated carbocycles. The third-order valence-electron chi connectivity index (χ3n) is 4.72. The number of hydrogen-bond donors (Lipinski definition) is 2. The normalized spacial score (nSPS) is 15.1. The SMILES string of the molecule is COCC(NC(=NCc1ccccc1)NCc1nnc(C)n1C)C1CC1.I. The largest absolute Gasteiger partial charge is 0.383 e. The molecule has 1 aromatic carbocycles. The molecule has 1 fully saturated rings. The zero-order chi connectivity index (χ0) is 18.4. The van der Waals surface area contributed by atoms with E-state index in [2.05, 4.69) is 33.0 Å². The zero-order valence-electron chi connectivity index (χ0n) is 16.2. The van der Waals surface area contributed by atoms with Crippen molar-refractivity contribution in [3.05, 3.63) is 47.5 Å². The number of benzene rings is 1. The second-order valence-electron chi connectivity index (χ2n) is 6.77. The van der Waals surface area contributed by atoms with Crippen molar-refractivity contribution in [2.24, 2.45) is 18.0 Å². The standard InChI is InChI=1S/C19H28N6O.HI/c1-14-23-24-18(25(14)2)12-21-19(20-11-15-7-5-4-6-8-15)22-17(13-26-3)16-9-10-16;/h4-8,16-17H,9-13H2,1-3H3,(H2,20,21,22);1H. The van der Waals surface area contributed by atoms with E-state index in [1.807, 2.05) is 36.7 Å². The lowest BCUT2D eigenvalue weighted by atomic mass is 10.2. The highest BCUT2D eigenvalue weighted by Gasteiger charge is 2.31. The summed E-state index contributed by atoms with van der Waals surface area (Å²) in [5, 5.41) is 15.3. The van der Waals surface area contributed by atoms with Crippen molar-refractivity contribution in [2.75, 3.05) is 13.7 Å². The third-order valence-corrected chi connectivity index (χ3v) is 4.72. The number of aryl methyl sites for hydroxylation is 1. The van der Waals surface area contributed by atoms with Gasteiger partial charge in [-0.2, -0.15) is 0 Å². The van der Waals surface area contributed by atoms with Gasteiger partial charge in [-0.25, -0.2) is 4.99 Å². The van der Waals surface area contributed by atoms with Gasteiger partial charge in [0.15, 0.2) is 11.8 Å². The second kappa shape index (κ2) is 10.6. The van der Waals surface area contributed by atoms with Crippen molar-refractivity contribution in [1.29, 1.82) is 0 Å². The Morgan fingerprint density at radius 1 is 1.30 bits per heavy atom. The van der Waals surface area contributed by atoms with Crippen LogP contribution in [0.3, 0.4) is 0 Å². The van der Waals surface area contributed by atoms with Crippen molar-refractivity contribution in [3.63, 3.8) is 0 Å². The van der Waals surface area contributed by atoms with Crippen molar-refractivity contribution < 1.29 is 4.74 Å². The number of methoxy groups -OCH3 is 1. The molecule has 0 saturated heterocycles. The molecule has 8 heteroatoms. The number of rotatable bonds is 8. The van der Waals surface area contributed by atoms with Crippen LogP contribution in [0.4, 0.5) is 0 Å². The minimum absolute atomic E-state index is 0. The van der Waals surface area contributed by atoms with Crippen LogP contribution in [0.2, 0.25) is 0 Å². The highest BCUT2D eigenvalue weighted by Crippen LogP contribution is 2.32. The molecule has 0 radical (unpaired) electrons. The molecule has 1 heterocycles. The van der Waals surface area contributed by atoms with Gasteiger partial charge in [-0.15, -0.1) is 34.2 Å². The molecule has 148 valence electrons. The van der Waals surface area contributed by atoms with E-state index in [-0.39, 0.29) is 30.0 Å². The maximum Gasteiger partial charge on any atom is 0.192 e. The fraction of sp³-hybridized carbons (Fsp3) is 0.526. The predicted octanol–water partition coefficient (Wildman–Crippen LogP) is 2.40. The van der Waals surface area contributed by atoms with Crippen LogP contribution >= 0.6 is 24.0 Å². The topological polar surface area (TPSA) is 76.4 Å². The summed E-state index contributed by atoms with van der Waals surface area (Å²) in [5.74, 6) is 3.22. The minimum atomic E-state index is 0. The van der Waals surface area contributed by atoms with Crippen molar-refractivity contribution in [3.8, 4) is 0 Å². The number of hydrogen-bond acceptors (Lipinski definition) is 4. The number of halogens is 1. The molecule has 0 amide bonds. The summed E-state index contributed by atoms with van der Waals surface area (Å²) in [6.07, 6.45) is 2.49. The lowest BCUT2D eigenvalue weighted by molar-refractivity contribution is 0.165. The summed E-state index contributed by atoms with van der Waals surface area (Å²) in [6.45, 7) is 3.82. The van der Waals surface area contributed by atoms with E-state index in [1.54, 1.807) is 7.11 Å². The van der Waals surface area contributed by atoms with Gasteiger partial charge in [0, 0.05) is 14.2 Å². The van der Waals surface area contributed by atoms with Gasteiger partial charge in [0.05, 0.1) is 25.7 Å². The monoisotopic (exact) mass is 484 g/mol. The molecule has 27 heavy (non-hydrogen) atoms.